The maximum Gasteiger partial charge on any atom is 0.438 e. The van der Waals surface area contributed by atoms with Gasteiger partial charge in [-0.25, -0.2) is 26.3 Å². The lowest BCUT2D eigenvalue weighted by atomic mass is 9.97. The zero-order valence-corrected chi connectivity index (χ0v) is 10.7. The van der Waals surface area contributed by atoms with E-state index in [1.807, 2.05) is 0 Å². The van der Waals surface area contributed by atoms with Gasteiger partial charge in [0.15, 0.2) is 5.83 Å². The van der Waals surface area contributed by atoms with Crippen molar-refractivity contribution in [2.75, 3.05) is 0 Å². The smallest absolute Gasteiger partial charge is 0.234 e. The van der Waals surface area contributed by atoms with E-state index in [-0.39, 0.29) is 0 Å². The number of hydrogen-bond donors (Lipinski definition) is 0. The Labute approximate surface area is 126 Å². The molecule has 0 nitrogen and oxygen atoms in total. The summed E-state index contributed by atoms with van der Waals surface area (Å²) in [5.41, 5.74) is -7.53. The van der Waals surface area contributed by atoms with Crippen molar-refractivity contribution in [3.63, 3.8) is 0 Å². The molecule has 1 unspecified atom stereocenters. The quantitative estimate of drug-likeness (QED) is 0.496. The molecule has 0 amide bonds. The van der Waals surface area contributed by atoms with Crippen molar-refractivity contribution in [3.05, 3.63) is 11.7 Å². The van der Waals surface area contributed by atoms with Gasteiger partial charge in [-0.15, -0.1) is 0 Å². The molecule has 0 heterocycles. The Morgan fingerprint density at radius 2 is 0.880 bits per heavy atom. The van der Waals surface area contributed by atoms with Crippen LogP contribution < -0.4 is 0 Å². The molecule has 0 aromatic rings. The molecule has 0 saturated carbocycles. The average Bonchev–Trinajstić information content (AvgIpc) is 2.40. The van der Waals surface area contributed by atoms with Crippen molar-refractivity contribution in [3.8, 4) is 0 Å². The average molecular weight is 414 g/mol. The molecule has 0 bridgehead atoms. The van der Waals surface area contributed by atoms with E-state index >= 15 is 0 Å². The van der Waals surface area contributed by atoms with E-state index in [4.69, 9.17) is 0 Å². The van der Waals surface area contributed by atoms with Gasteiger partial charge in [0.2, 0.25) is 12.0 Å². The Bertz CT molecular complexity index is 493. The molecule has 0 aliphatic rings. The summed E-state index contributed by atoms with van der Waals surface area (Å²) in [5, 5.41) is 0. The van der Waals surface area contributed by atoms with Gasteiger partial charge in [-0.2, -0.15) is 43.9 Å². The van der Waals surface area contributed by atoms with Gasteiger partial charge >= 0.3 is 29.9 Å². The summed E-state index contributed by atoms with van der Waals surface area (Å²) in [7, 11) is 0. The predicted octanol–water partition coefficient (Wildman–Crippen LogP) is 5.84. The molecule has 0 spiro atoms. The monoisotopic (exact) mass is 414 g/mol. The summed E-state index contributed by atoms with van der Waals surface area (Å²) in [6, 6.07) is 0. The first-order valence-electron chi connectivity index (χ1n) is 5.23. The van der Waals surface area contributed by atoms with Crippen LogP contribution in [0.5, 0.6) is 0 Å². The fourth-order valence-corrected chi connectivity index (χ4v) is 1.18. The summed E-state index contributed by atoms with van der Waals surface area (Å²) in [6.07, 6.45) is -25.4. The summed E-state index contributed by atoms with van der Waals surface area (Å²) in [4.78, 5) is 0. The zero-order chi connectivity index (χ0) is 20.8. The van der Waals surface area contributed by atoms with Gasteiger partial charge in [0.25, 0.3) is 6.43 Å². The zero-order valence-electron chi connectivity index (χ0n) is 10.7. The molecule has 0 saturated heterocycles. The van der Waals surface area contributed by atoms with E-state index in [2.05, 4.69) is 0 Å². The normalized spacial score (nSPS) is 17.6. The van der Waals surface area contributed by atoms with Crippen molar-refractivity contribution in [2.24, 2.45) is 0 Å². The van der Waals surface area contributed by atoms with Gasteiger partial charge in [-0.1, -0.05) is 0 Å². The third-order valence-corrected chi connectivity index (χ3v) is 2.54. The SMILES string of the molecule is FC(=C(F)C(F)(C(F)(F)F)C(F)(F)F)C(F)(F)C(F)(F)C(F)C(F)F. The van der Waals surface area contributed by atoms with Crippen LogP contribution in [0.15, 0.2) is 11.7 Å². The van der Waals surface area contributed by atoms with Gasteiger partial charge in [0.1, 0.15) is 0 Å². The molecular formula is C9H2F16. The highest BCUT2D eigenvalue weighted by Gasteiger charge is 2.79. The van der Waals surface area contributed by atoms with Crippen molar-refractivity contribution >= 4 is 0 Å². The van der Waals surface area contributed by atoms with Crippen molar-refractivity contribution in [1.82, 2.24) is 0 Å². The number of alkyl halides is 14. The second-order valence-electron chi connectivity index (χ2n) is 4.22. The maximum absolute atomic E-state index is 13.0. The van der Waals surface area contributed by atoms with Crippen molar-refractivity contribution in [1.29, 1.82) is 0 Å². The van der Waals surface area contributed by atoms with Gasteiger partial charge in [-0.3, -0.25) is 0 Å². The molecule has 0 N–H and O–H groups in total. The molecule has 25 heavy (non-hydrogen) atoms. The lowest BCUT2D eigenvalue weighted by Crippen LogP contribution is -2.56. The van der Waals surface area contributed by atoms with E-state index < -0.39 is 54.1 Å². The van der Waals surface area contributed by atoms with Gasteiger partial charge in [0.05, 0.1) is 0 Å². The highest BCUT2D eigenvalue weighted by Crippen LogP contribution is 2.55. The first kappa shape index (κ1) is 23.6. The van der Waals surface area contributed by atoms with Gasteiger partial charge in [0, 0.05) is 0 Å². The fourth-order valence-electron chi connectivity index (χ4n) is 1.18. The lowest BCUT2D eigenvalue weighted by molar-refractivity contribution is -0.333. The minimum absolute atomic E-state index is 5.03. The summed E-state index contributed by atoms with van der Waals surface area (Å²) in [5.74, 6) is -24.5. The van der Waals surface area contributed by atoms with Crippen LogP contribution >= 0.6 is 0 Å². The minimum atomic E-state index is -7.53. The van der Waals surface area contributed by atoms with Crippen LogP contribution in [0.4, 0.5) is 70.2 Å². The summed E-state index contributed by atoms with van der Waals surface area (Å²) < 4.78 is 198. The third kappa shape index (κ3) is 3.61. The predicted molar refractivity (Wildman–Crippen MR) is 46.0 cm³/mol. The van der Waals surface area contributed by atoms with E-state index in [1.165, 1.54) is 0 Å². The number of halogens is 16. The largest absolute Gasteiger partial charge is 0.438 e. The van der Waals surface area contributed by atoms with Crippen molar-refractivity contribution in [2.45, 2.75) is 42.5 Å². The van der Waals surface area contributed by atoms with Gasteiger partial charge in [-0.05, 0) is 0 Å². The van der Waals surface area contributed by atoms with Crippen LogP contribution in [0.2, 0.25) is 0 Å². The highest BCUT2D eigenvalue weighted by atomic mass is 19.4. The van der Waals surface area contributed by atoms with E-state index in [1.54, 1.807) is 0 Å². The number of allylic oxidation sites excluding steroid dienone is 2. The molecule has 0 fully saturated rings. The Hall–Kier alpha value is -1.38. The Kier molecular flexibility index (Phi) is 6.05. The molecule has 0 aliphatic carbocycles. The molecular weight excluding hydrogens is 412 g/mol. The highest BCUT2D eigenvalue weighted by molar-refractivity contribution is 5.26. The summed E-state index contributed by atoms with van der Waals surface area (Å²) >= 11 is 0. The molecule has 1 atom stereocenters. The number of hydrogen-bond acceptors (Lipinski definition) is 0. The number of rotatable bonds is 5. The first-order chi connectivity index (χ1) is 10.7. The van der Waals surface area contributed by atoms with Crippen LogP contribution in [0, 0.1) is 0 Å². The molecule has 0 aliphatic heterocycles. The molecule has 0 rings (SSSR count). The van der Waals surface area contributed by atoms with Crippen LogP contribution in [0.1, 0.15) is 0 Å². The van der Waals surface area contributed by atoms with Crippen molar-refractivity contribution < 1.29 is 70.2 Å². The Morgan fingerprint density at radius 3 is 1.12 bits per heavy atom. The Morgan fingerprint density at radius 1 is 0.560 bits per heavy atom. The van der Waals surface area contributed by atoms with E-state index in [0.29, 0.717) is 0 Å². The summed E-state index contributed by atoms with van der Waals surface area (Å²) in [6.45, 7) is 0. The first-order valence-corrected chi connectivity index (χ1v) is 5.23. The molecule has 16 heteroatoms. The van der Waals surface area contributed by atoms with Crippen LogP contribution in [0.3, 0.4) is 0 Å². The molecule has 150 valence electrons. The Balaban J connectivity index is 6.57. The lowest BCUT2D eigenvalue weighted by Gasteiger charge is -2.31. The minimum Gasteiger partial charge on any atom is -0.234 e. The molecule has 0 aromatic heterocycles. The second-order valence-corrected chi connectivity index (χ2v) is 4.22. The topological polar surface area (TPSA) is 0 Å². The maximum atomic E-state index is 13.0. The third-order valence-electron chi connectivity index (χ3n) is 2.54. The van der Waals surface area contributed by atoms with Crippen LogP contribution in [-0.4, -0.2) is 42.5 Å². The van der Waals surface area contributed by atoms with Gasteiger partial charge < -0.3 is 0 Å². The van der Waals surface area contributed by atoms with E-state index in [9.17, 15) is 70.2 Å². The molecule has 0 aromatic carbocycles. The van der Waals surface area contributed by atoms with Crippen LogP contribution in [-0.2, 0) is 0 Å². The van der Waals surface area contributed by atoms with E-state index in [0.717, 1.165) is 0 Å². The standard InChI is InChI=1S/C9H2F16/c10-1(5(15,8(20,21)22)9(23,24)25)2(11)6(16,17)7(18,19)3(12)4(13)14/h3-4H. The van der Waals surface area contributed by atoms with Crippen LogP contribution in [0.25, 0.3) is 0 Å². The fraction of sp³-hybridized carbons (Fsp3) is 0.778. The second kappa shape index (κ2) is 6.41. The molecule has 0 radical (unpaired) electrons.